The average Bonchev–Trinajstić information content (AvgIpc) is 3.04. The molecule has 2 aromatic carbocycles. The zero-order valence-electron chi connectivity index (χ0n) is 17.5. The van der Waals surface area contributed by atoms with Gasteiger partial charge in [0.1, 0.15) is 6.61 Å². The maximum absolute atomic E-state index is 13.1. The predicted molar refractivity (Wildman–Crippen MR) is 121 cm³/mol. The van der Waals surface area contributed by atoms with Crippen molar-refractivity contribution in [3.05, 3.63) is 64.7 Å². The summed E-state index contributed by atoms with van der Waals surface area (Å²) in [6.45, 7) is 1.08. The van der Waals surface area contributed by atoms with E-state index < -0.39 is 6.09 Å². The number of carbonyl (C=O) groups excluding carboxylic acids is 2. The largest absolute Gasteiger partial charge is 0.444 e. The van der Waals surface area contributed by atoms with E-state index in [1.54, 1.807) is 18.2 Å². The molecule has 2 aromatic rings. The maximum Gasteiger partial charge on any atom is 0.411 e. The van der Waals surface area contributed by atoms with E-state index in [1.165, 1.54) is 12.8 Å². The normalized spacial score (nSPS) is 22.8. The van der Waals surface area contributed by atoms with Crippen LogP contribution in [-0.4, -0.2) is 30.1 Å². The SMILES string of the molecule is O=C(Nc1cc(Cl)cc(C(=O)N[C@@]23CCCCC[C@@H]2NCC3)c1)OCc1ccccc1. The van der Waals surface area contributed by atoms with Crippen LogP contribution in [0.25, 0.3) is 0 Å². The van der Waals surface area contributed by atoms with Gasteiger partial charge in [0.05, 0.1) is 5.54 Å². The molecule has 0 unspecified atom stereocenters. The highest BCUT2D eigenvalue weighted by Gasteiger charge is 2.44. The summed E-state index contributed by atoms with van der Waals surface area (Å²) in [5.74, 6) is -0.168. The number of halogens is 1. The second-order valence-electron chi connectivity index (χ2n) is 8.38. The van der Waals surface area contributed by atoms with Gasteiger partial charge in [-0.25, -0.2) is 4.79 Å². The van der Waals surface area contributed by atoms with Crippen LogP contribution >= 0.6 is 11.6 Å². The van der Waals surface area contributed by atoms with Gasteiger partial charge in [0.2, 0.25) is 0 Å². The molecule has 31 heavy (non-hydrogen) atoms. The third-order valence-electron chi connectivity index (χ3n) is 6.23. The molecule has 0 spiro atoms. The van der Waals surface area contributed by atoms with Crippen LogP contribution in [0.5, 0.6) is 0 Å². The molecule has 2 aliphatic rings. The second kappa shape index (κ2) is 9.71. The number of nitrogens with one attached hydrogen (secondary N) is 3. The van der Waals surface area contributed by atoms with Gasteiger partial charge in [-0.15, -0.1) is 0 Å². The van der Waals surface area contributed by atoms with Crippen LogP contribution in [0, 0.1) is 0 Å². The van der Waals surface area contributed by atoms with Gasteiger partial charge < -0.3 is 15.4 Å². The van der Waals surface area contributed by atoms with Crippen molar-refractivity contribution in [1.29, 1.82) is 0 Å². The molecule has 1 aliphatic heterocycles. The minimum Gasteiger partial charge on any atom is -0.444 e. The van der Waals surface area contributed by atoms with Gasteiger partial charge in [0.25, 0.3) is 5.91 Å². The molecule has 2 fully saturated rings. The summed E-state index contributed by atoms with van der Waals surface area (Å²) in [4.78, 5) is 25.3. The molecule has 4 rings (SSSR count). The minimum absolute atomic E-state index is 0.164. The van der Waals surface area contributed by atoms with E-state index in [0.717, 1.165) is 37.8 Å². The van der Waals surface area contributed by atoms with Gasteiger partial charge in [0.15, 0.2) is 0 Å². The Morgan fingerprint density at radius 2 is 1.94 bits per heavy atom. The quantitative estimate of drug-likeness (QED) is 0.617. The summed E-state index contributed by atoms with van der Waals surface area (Å²) in [5.41, 5.74) is 1.54. The van der Waals surface area contributed by atoms with Crippen molar-refractivity contribution in [3.63, 3.8) is 0 Å². The predicted octanol–water partition coefficient (Wildman–Crippen LogP) is 4.88. The summed E-state index contributed by atoms with van der Waals surface area (Å²) in [6.07, 6.45) is 5.90. The Balaban J connectivity index is 1.42. The summed E-state index contributed by atoms with van der Waals surface area (Å²) >= 11 is 6.24. The molecule has 1 aliphatic carbocycles. The van der Waals surface area contributed by atoms with Crippen LogP contribution in [0.2, 0.25) is 5.02 Å². The maximum atomic E-state index is 13.1. The Morgan fingerprint density at radius 1 is 1.10 bits per heavy atom. The highest BCUT2D eigenvalue weighted by Crippen LogP contribution is 2.34. The van der Waals surface area contributed by atoms with E-state index in [9.17, 15) is 9.59 Å². The highest BCUT2D eigenvalue weighted by molar-refractivity contribution is 6.31. The molecular weight excluding hydrogens is 414 g/mol. The molecule has 0 bridgehead atoms. The Bertz CT molecular complexity index is 937. The van der Waals surface area contributed by atoms with Crippen molar-refractivity contribution >= 4 is 29.3 Å². The lowest BCUT2D eigenvalue weighted by molar-refractivity contribution is 0.0882. The molecule has 2 atom stereocenters. The van der Waals surface area contributed by atoms with Crippen LogP contribution < -0.4 is 16.0 Å². The van der Waals surface area contributed by atoms with Crippen LogP contribution in [0.1, 0.15) is 54.4 Å². The van der Waals surface area contributed by atoms with Gasteiger partial charge in [-0.2, -0.15) is 0 Å². The second-order valence-corrected chi connectivity index (χ2v) is 8.82. The lowest BCUT2D eigenvalue weighted by Gasteiger charge is -2.35. The van der Waals surface area contributed by atoms with E-state index in [0.29, 0.717) is 22.3 Å². The van der Waals surface area contributed by atoms with E-state index in [-0.39, 0.29) is 18.1 Å². The average molecular weight is 442 g/mol. The fraction of sp³-hybridized carbons (Fsp3) is 0.417. The topological polar surface area (TPSA) is 79.5 Å². The number of carbonyl (C=O) groups is 2. The van der Waals surface area contributed by atoms with Crippen LogP contribution in [0.3, 0.4) is 0 Å². The summed E-state index contributed by atoms with van der Waals surface area (Å²) in [6, 6.07) is 14.6. The van der Waals surface area contributed by atoms with Gasteiger partial charge in [-0.3, -0.25) is 10.1 Å². The van der Waals surface area contributed by atoms with Crippen molar-refractivity contribution in [3.8, 4) is 0 Å². The highest BCUT2D eigenvalue weighted by atomic mass is 35.5. The van der Waals surface area contributed by atoms with E-state index in [4.69, 9.17) is 16.3 Å². The number of hydrogen-bond acceptors (Lipinski definition) is 4. The molecular formula is C24H28ClN3O3. The van der Waals surface area contributed by atoms with E-state index >= 15 is 0 Å². The standard InChI is InChI=1S/C24H28ClN3O3/c25-19-13-18(22(29)28-24-10-6-2-5-9-21(24)26-12-11-24)14-20(15-19)27-23(30)31-16-17-7-3-1-4-8-17/h1,3-4,7-8,13-15,21,26H,2,5-6,9-12,16H2,(H,27,30)(H,28,29)/t21-,24+/m0/s1. The number of rotatable bonds is 5. The fourth-order valence-electron chi connectivity index (χ4n) is 4.66. The molecule has 0 aromatic heterocycles. The van der Waals surface area contributed by atoms with Gasteiger partial charge in [-0.05, 0) is 49.6 Å². The Kier molecular flexibility index (Phi) is 6.78. The molecule has 1 saturated heterocycles. The fourth-order valence-corrected chi connectivity index (χ4v) is 4.90. The number of fused-ring (bicyclic) bond motifs is 1. The van der Waals surface area contributed by atoms with Crippen LogP contribution in [0.4, 0.5) is 10.5 Å². The van der Waals surface area contributed by atoms with Crippen molar-refractivity contribution < 1.29 is 14.3 Å². The summed E-state index contributed by atoms with van der Waals surface area (Å²) in [7, 11) is 0. The van der Waals surface area contributed by atoms with Crippen LogP contribution in [0.15, 0.2) is 48.5 Å². The zero-order chi connectivity index (χ0) is 21.7. The Labute approximate surface area is 187 Å². The van der Waals surface area contributed by atoms with Crippen molar-refractivity contribution in [2.24, 2.45) is 0 Å². The lowest BCUT2D eigenvalue weighted by atomic mass is 9.85. The Hall–Kier alpha value is -2.57. The molecule has 164 valence electrons. The van der Waals surface area contributed by atoms with Crippen LogP contribution in [-0.2, 0) is 11.3 Å². The van der Waals surface area contributed by atoms with Crippen molar-refractivity contribution in [2.75, 3.05) is 11.9 Å². The van der Waals surface area contributed by atoms with Gasteiger partial charge >= 0.3 is 6.09 Å². The molecule has 6 nitrogen and oxygen atoms in total. The first-order valence-corrected chi connectivity index (χ1v) is 11.3. The molecule has 2 amide bonds. The molecule has 7 heteroatoms. The molecule has 1 saturated carbocycles. The number of anilines is 1. The third-order valence-corrected chi connectivity index (χ3v) is 6.44. The summed E-state index contributed by atoms with van der Waals surface area (Å²) in [5, 5.41) is 9.91. The summed E-state index contributed by atoms with van der Waals surface area (Å²) < 4.78 is 5.26. The first-order valence-electron chi connectivity index (χ1n) is 10.9. The van der Waals surface area contributed by atoms with Crippen molar-refractivity contribution in [2.45, 2.75) is 56.7 Å². The van der Waals surface area contributed by atoms with Gasteiger partial charge in [0, 0.05) is 22.3 Å². The number of amides is 2. The third kappa shape index (κ3) is 5.38. The number of hydrogen-bond donors (Lipinski definition) is 3. The number of benzene rings is 2. The first-order chi connectivity index (χ1) is 15.0. The van der Waals surface area contributed by atoms with Gasteiger partial charge in [-0.1, -0.05) is 61.2 Å². The number of ether oxygens (including phenoxy) is 1. The van der Waals surface area contributed by atoms with Crippen molar-refractivity contribution in [1.82, 2.24) is 10.6 Å². The Morgan fingerprint density at radius 3 is 2.77 bits per heavy atom. The first kappa shape index (κ1) is 21.7. The molecule has 3 N–H and O–H groups in total. The smallest absolute Gasteiger partial charge is 0.411 e. The molecule has 0 radical (unpaired) electrons. The minimum atomic E-state index is -0.597. The lowest BCUT2D eigenvalue weighted by Crippen LogP contribution is -2.55. The van der Waals surface area contributed by atoms with E-state index in [2.05, 4.69) is 16.0 Å². The zero-order valence-corrected chi connectivity index (χ0v) is 18.2. The monoisotopic (exact) mass is 441 g/mol. The van der Waals surface area contributed by atoms with E-state index in [1.807, 2.05) is 30.3 Å². The molecule has 1 heterocycles.